The molecule has 1 aliphatic carbocycles. The van der Waals surface area contributed by atoms with E-state index >= 15 is 0 Å². The van der Waals surface area contributed by atoms with Crippen molar-refractivity contribution in [2.45, 2.75) is 31.7 Å². The Morgan fingerprint density at radius 1 is 1.05 bits per heavy atom. The van der Waals surface area contributed by atoms with Crippen molar-refractivity contribution in [3.05, 3.63) is 70.3 Å². The van der Waals surface area contributed by atoms with Crippen LogP contribution in [0.5, 0.6) is 0 Å². The summed E-state index contributed by atoms with van der Waals surface area (Å²) in [5.41, 5.74) is 6.78. The molecule has 0 saturated carbocycles. The second-order valence-corrected chi connectivity index (χ2v) is 5.54. The van der Waals surface area contributed by atoms with Crippen molar-refractivity contribution in [1.29, 1.82) is 0 Å². The maximum Gasteiger partial charge on any atom is 0.126 e. The van der Waals surface area contributed by atoms with Gasteiger partial charge in [0.2, 0.25) is 0 Å². The van der Waals surface area contributed by atoms with E-state index in [9.17, 15) is 8.78 Å². The molecule has 110 valence electrons. The van der Waals surface area contributed by atoms with Crippen molar-refractivity contribution in [2.24, 2.45) is 5.84 Å². The molecule has 0 bridgehead atoms. The molecule has 0 saturated heterocycles. The lowest BCUT2D eigenvalue weighted by atomic mass is 9.96. The van der Waals surface area contributed by atoms with E-state index in [1.807, 2.05) is 6.07 Å². The molecule has 2 nitrogen and oxygen atoms in total. The predicted octanol–water partition coefficient (Wildman–Crippen LogP) is 3.20. The summed E-state index contributed by atoms with van der Waals surface area (Å²) in [4.78, 5) is 0. The molecule has 3 N–H and O–H groups in total. The maximum atomic E-state index is 13.8. The van der Waals surface area contributed by atoms with E-state index < -0.39 is 11.6 Å². The molecular formula is C17H18F2N2. The van der Waals surface area contributed by atoms with Gasteiger partial charge in [-0.2, -0.15) is 0 Å². The van der Waals surface area contributed by atoms with Gasteiger partial charge in [-0.15, -0.1) is 0 Å². The van der Waals surface area contributed by atoms with Crippen LogP contribution in [0.3, 0.4) is 0 Å². The molecule has 0 aliphatic heterocycles. The van der Waals surface area contributed by atoms with Crippen LogP contribution in [0.15, 0.2) is 36.4 Å². The quantitative estimate of drug-likeness (QED) is 0.670. The van der Waals surface area contributed by atoms with Crippen molar-refractivity contribution in [1.82, 2.24) is 5.43 Å². The van der Waals surface area contributed by atoms with E-state index in [-0.39, 0.29) is 6.04 Å². The van der Waals surface area contributed by atoms with Gasteiger partial charge in [0.05, 0.1) is 6.04 Å². The summed E-state index contributed by atoms with van der Waals surface area (Å²) in [5, 5.41) is 0. The molecule has 0 aromatic heterocycles. The minimum Gasteiger partial charge on any atom is -0.271 e. The molecule has 1 atom stereocenters. The first-order valence-electron chi connectivity index (χ1n) is 7.19. The van der Waals surface area contributed by atoms with E-state index in [1.165, 1.54) is 23.6 Å². The van der Waals surface area contributed by atoms with Gasteiger partial charge in [-0.05, 0) is 66.1 Å². The molecule has 4 heteroatoms. The molecule has 0 spiro atoms. The Kier molecular flexibility index (Phi) is 3.99. The third-order valence-electron chi connectivity index (χ3n) is 4.16. The summed E-state index contributed by atoms with van der Waals surface area (Å²) in [6.07, 6.45) is 3.70. The average Bonchev–Trinajstić information content (AvgIpc) is 2.95. The monoisotopic (exact) mass is 288 g/mol. The molecule has 1 unspecified atom stereocenters. The van der Waals surface area contributed by atoms with Gasteiger partial charge in [0, 0.05) is 0 Å². The van der Waals surface area contributed by atoms with Crippen LogP contribution in [-0.2, 0) is 19.3 Å². The minimum absolute atomic E-state index is 0.229. The van der Waals surface area contributed by atoms with Crippen LogP contribution in [0.25, 0.3) is 0 Å². The first-order chi connectivity index (χ1) is 10.2. The average molecular weight is 288 g/mol. The Morgan fingerprint density at radius 3 is 2.67 bits per heavy atom. The molecule has 0 heterocycles. The fourth-order valence-electron chi connectivity index (χ4n) is 3.00. The highest BCUT2D eigenvalue weighted by atomic mass is 19.1. The summed E-state index contributed by atoms with van der Waals surface area (Å²) in [6.45, 7) is 0. The first-order valence-corrected chi connectivity index (χ1v) is 7.19. The lowest BCUT2D eigenvalue weighted by molar-refractivity contribution is 0.522. The van der Waals surface area contributed by atoms with E-state index in [0.717, 1.165) is 30.5 Å². The molecule has 0 amide bonds. The summed E-state index contributed by atoms with van der Waals surface area (Å²) >= 11 is 0. The topological polar surface area (TPSA) is 38.0 Å². The Morgan fingerprint density at radius 2 is 1.86 bits per heavy atom. The van der Waals surface area contributed by atoms with Crippen molar-refractivity contribution in [2.75, 3.05) is 0 Å². The lowest BCUT2D eigenvalue weighted by Gasteiger charge is -2.18. The Bertz CT molecular complexity index is 655. The van der Waals surface area contributed by atoms with Crippen LogP contribution in [0.1, 0.15) is 34.7 Å². The Labute approximate surface area is 122 Å². The van der Waals surface area contributed by atoms with Crippen molar-refractivity contribution >= 4 is 0 Å². The highest BCUT2D eigenvalue weighted by Gasteiger charge is 2.17. The second-order valence-electron chi connectivity index (χ2n) is 5.54. The van der Waals surface area contributed by atoms with Crippen LogP contribution in [0.2, 0.25) is 0 Å². The van der Waals surface area contributed by atoms with Crippen LogP contribution in [-0.4, -0.2) is 0 Å². The highest BCUT2D eigenvalue weighted by molar-refractivity contribution is 5.37. The first kappa shape index (κ1) is 14.2. The second kappa shape index (κ2) is 5.92. The molecule has 21 heavy (non-hydrogen) atoms. The van der Waals surface area contributed by atoms with E-state index in [4.69, 9.17) is 5.84 Å². The number of halogens is 2. The van der Waals surface area contributed by atoms with Gasteiger partial charge in [-0.3, -0.25) is 11.3 Å². The number of fused-ring (bicyclic) bond motifs is 1. The number of nitrogens with two attached hydrogens (primary N) is 1. The molecule has 0 fully saturated rings. The molecule has 1 aliphatic rings. The van der Waals surface area contributed by atoms with Gasteiger partial charge in [0.1, 0.15) is 11.6 Å². The van der Waals surface area contributed by atoms with Crippen LogP contribution in [0, 0.1) is 11.6 Å². The van der Waals surface area contributed by atoms with Crippen LogP contribution < -0.4 is 11.3 Å². The smallest absolute Gasteiger partial charge is 0.126 e. The third-order valence-corrected chi connectivity index (χ3v) is 4.16. The van der Waals surface area contributed by atoms with Crippen molar-refractivity contribution in [3.8, 4) is 0 Å². The highest BCUT2D eigenvalue weighted by Crippen LogP contribution is 2.27. The summed E-state index contributed by atoms with van der Waals surface area (Å²) in [6, 6.07) is 9.54. The maximum absolute atomic E-state index is 13.8. The number of hydrazine groups is 1. The number of aryl methyl sites for hydroxylation is 2. The molecule has 0 radical (unpaired) electrons. The standard InChI is InChI=1S/C17H18F2N2/c18-15-6-7-16(19)14(9-15)10-17(21-20)13-5-4-11-2-1-3-12(11)8-13/h4-9,17,21H,1-3,10,20H2. The Balaban J connectivity index is 1.86. The minimum atomic E-state index is -0.434. The predicted molar refractivity (Wildman–Crippen MR) is 78.6 cm³/mol. The fourth-order valence-corrected chi connectivity index (χ4v) is 3.00. The normalized spacial score (nSPS) is 15.0. The van der Waals surface area contributed by atoms with E-state index in [1.54, 1.807) is 0 Å². The number of hydrogen-bond donors (Lipinski definition) is 2. The van der Waals surface area contributed by atoms with Gasteiger partial charge >= 0.3 is 0 Å². The number of benzene rings is 2. The summed E-state index contributed by atoms with van der Waals surface area (Å²) in [5.74, 6) is 4.78. The van der Waals surface area contributed by atoms with Gasteiger partial charge in [0.15, 0.2) is 0 Å². The summed E-state index contributed by atoms with van der Waals surface area (Å²) < 4.78 is 27.0. The number of hydrogen-bond acceptors (Lipinski definition) is 2. The molecule has 2 aromatic rings. The van der Waals surface area contributed by atoms with E-state index in [2.05, 4.69) is 17.6 Å². The van der Waals surface area contributed by atoms with Gasteiger partial charge in [0.25, 0.3) is 0 Å². The van der Waals surface area contributed by atoms with Crippen LogP contribution >= 0.6 is 0 Å². The van der Waals surface area contributed by atoms with Crippen molar-refractivity contribution in [3.63, 3.8) is 0 Å². The zero-order valence-corrected chi connectivity index (χ0v) is 11.7. The van der Waals surface area contributed by atoms with Gasteiger partial charge < -0.3 is 0 Å². The number of rotatable bonds is 4. The zero-order chi connectivity index (χ0) is 14.8. The zero-order valence-electron chi connectivity index (χ0n) is 11.7. The molecular weight excluding hydrogens is 270 g/mol. The van der Waals surface area contributed by atoms with E-state index in [0.29, 0.717) is 12.0 Å². The SMILES string of the molecule is NNC(Cc1cc(F)ccc1F)c1ccc2c(c1)CCC2. The fraction of sp³-hybridized carbons (Fsp3) is 0.294. The Hall–Kier alpha value is -1.78. The van der Waals surface area contributed by atoms with Gasteiger partial charge in [-0.25, -0.2) is 8.78 Å². The summed E-state index contributed by atoms with van der Waals surface area (Å²) in [7, 11) is 0. The van der Waals surface area contributed by atoms with Crippen LogP contribution in [0.4, 0.5) is 8.78 Å². The molecule has 2 aromatic carbocycles. The third kappa shape index (κ3) is 2.96. The van der Waals surface area contributed by atoms with Gasteiger partial charge in [-0.1, -0.05) is 18.2 Å². The number of nitrogens with one attached hydrogen (secondary N) is 1. The molecule has 3 rings (SSSR count). The van der Waals surface area contributed by atoms with Crippen molar-refractivity contribution < 1.29 is 8.78 Å². The lowest BCUT2D eigenvalue weighted by Crippen LogP contribution is -2.30. The largest absolute Gasteiger partial charge is 0.271 e.